The number of carboxylic acid groups (broad SMARTS) is 1. The van der Waals surface area contributed by atoms with Crippen LogP contribution >= 0.6 is 0 Å². The highest BCUT2D eigenvalue weighted by molar-refractivity contribution is 5.99. The molecule has 5 heteroatoms. The van der Waals surface area contributed by atoms with E-state index in [1.54, 1.807) is 38.1 Å². The first-order chi connectivity index (χ1) is 12.9. The number of benzene rings is 2. The van der Waals surface area contributed by atoms with Crippen LogP contribution in [0, 0.1) is 0 Å². The number of aliphatic carboxylic acids is 1. The Kier molecular flexibility index (Phi) is 5.33. The van der Waals surface area contributed by atoms with E-state index in [2.05, 4.69) is 5.32 Å². The third-order valence-corrected chi connectivity index (χ3v) is 5.51. The largest absolute Gasteiger partial charge is 0.481 e. The average Bonchev–Trinajstić information content (AvgIpc) is 2.69. The van der Waals surface area contributed by atoms with E-state index in [0.717, 1.165) is 5.56 Å². The molecule has 0 atom stereocenters. The SMILES string of the molecule is CC(C)(C(=O)O)c1ccc(NC(=O)C2(c3ccccc3)CCOCC2)cc1. The maximum Gasteiger partial charge on any atom is 0.313 e. The minimum Gasteiger partial charge on any atom is -0.481 e. The lowest BCUT2D eigenvalue weighted by Crippen LogP contribution is -2.44. The highest BCUT2D eigenvalue weighted by Crippen LogP contribution is 2.36. The second-order valence-electron chi connectivity index (χ2n) is 7.52. The molecule has 1 fully saturated rings. The van der Waals surface area contributed by atoms with Gasteiger partial charge >= 0.3 is 5.97 Å². The quantitative estimate of drug-likeness (QED) is 0.844. The summed E-state index contributed by atoms with van der Waals surface area (Å²) in [7, 11) is 0. The Labute approximate surface area is 159 Å². The highest BCUT2D eigenvalue weighted by Gasteiger charge is 2.41. The molecule has 2 N–H and O–H groups in total. The molecule has 1 heterocycles. The molecular formula is C22H25NO4. The minimum absolute atomic E-state index is 0.0535. The molecule has 0 aromatic heterocycles. The van der Waals surface area contributed by atoms with Crippen LogP contribution in [0.1, 0.15) is 37.8 Å². The normalized spacial score (nSPS) is 16.5. The summed E-state index contributed by atoms with van der Waals surface area (Å²) >= 11 is 0. The van der Waals surface area contributed by atoms with E-state index >= 15 is 0 Å². The Hall–Kier alpha value is -2.66. The summed E-state index contributed by atoms with van der Waals surface area (Å²) in [5, 5.41) is 12.4. The van der Waals surface area contributed by atoms with Crippen molar-refractivity contribution in [2.24, 2.45) is 0 Å². The van der Waals surface area contributed by atoms with Crippen LogP contribution in [0.15, 0.2) is 54.6 Å². The van der Waals surface area contributed by atoms with Gasteiger partial charge in [-0.2, -0.15) is 0 Å². The number of amides is 1. The lowest BCUT2D eigenvalue weighted by molar-refractivity contribution is -0.142. The van der Waals surface area contributed by atoms with Crippen molar-refractivity contribution in [3.8, 4) is 0 Å². The van der Waals surface area contributed by atoms with Gasteiger partial charge in [-0.3, -0.25) is 9.59 Å². The Balaban J connectivity index is 1.83. The van der Waals surface area contributed by atoms with E-state index in [1.807, 2.05) is 30.3 Å². The molecule has 5 nitrogen and oxygen atoms in total. The van der Waals surface area contributed by atoms with E-state index in [0.29, 0.717) is 37.3 Å². The van der Waals surface area contributed by atoms with E-state index in [9.17, 15) is 14.7 Å². The number of rotatable bonds is 5. The molecule has 0 saturated carbocycles. The number of carboxylic acids is 1. The second-order valence-corrected chi connectivity index (χ2v) is 7.52. The third kappa shape index (κ3) is 3.74. The molecule has 0 unspecified atom stereocenters. The van der Waals surface area contributed by atoms with E-state index in [1.165, 1.54) is 0 Å². The van der Waals surface area contributed by atoms with Gasteiger partial charge in [0, 0.05) is 18.9 Å². The fraction of sp³-hybridized carbons (Fsp3) is 0.364. The zero-order valence-corrected chi connectivity index (χ0v) is 15.7. The van der Waals surface area contributed by atoms with Gasteiger partial charge in [-0.05, 0) is 49.9 Å². The van der Waals surface area contributed by atoms with Crippen LogP contribution in [0.5, 0.6) is 0 Å². The first-order valence-corrected chi connectivity index (χ1v) is 9.15. The molecule has 0 radical (unpaired) electrons. The Morgan fingerprint density at radius 3 is 2.15 bits per heavy atom. The highest BCUT2D eigenvalue weighted by atomic mass is 16.5. The zero-order chi connectivity index (χ0) is 19.5. The van der Waals surface area contributed by atoms with E-state index in [4.69, 9.17) is 4.74 Å². The lowest BCUT2D eigenvalue weighted by Gasteiger charge is -2.36. The molecule has 142 valence electrons. The Morgan fingerprint density at radius 1 is 1.00 bits per heavy atom. The maximum absolute atomic E-state index is 13.2. The van der Waals surface area contributed by atoms with Crippen LogP contribution < -0.4 is 5.32 Å². The minimum atomic E-state index is -0.978. The molecule has 0 spiro atoms. The van der Waals surface area contributed by atoms with Gasteiger partial charge in [-0.25, -0.2) is 0 Å². The van der Waals surface area contributed by atoms with Crippen molar-refractivity contribution in [1.29, 1.82) is 0 Å². The predicted molar refractivity (Wildman–Crippen MR) is 104 cm³/mol. The maximum atomic E-state index is 13.2. The van der Waals surface area contributed by atoms with Crippen LogP contribution in [-0.4, -0.2) is 30.2 Å². The van der Waals surface area contributed by atoms with Crippen molar-refractivity contribution in [3.63, 3.8) is 0 Å². The number of anilines is 1. The zero-order valence-electron chi connectivity index (χ0n) is 15.7. The summed E-state index contributed by atoms with van der Waals surface area (Å²) < 4.78 is 5.49. The number of ether oxygens (including phenoxy) is 1. The summed E-state index contributed by atoms with van der Waals surface area (Å²) in [6.07, 6.45) is 1.26. The summed E-state index contributed by atoms with van der Waals surface area (Å²) in [5.41, 5.74) is 0.755. The van der Waals surface area contributed by atoms with Gasteiger partial charge in [0.2, 0.25) is 5.91 Å². The molecule has 27 heavy (non-hydrogen) atoms. The number of nitrogens with one attached hydrogen (secondary N) is 1. The first kappa shape index (κ1) is 19.1. The molecule has 2 aromatic carbocycles. The molecule has 1 amide bonds. The third-order valence-electron chi connectivity index (χ3n) is 5.51. The number of carbonyl (C=O) groups is 2. The molecule has 0 aliphatic carbocycles. The fourth-order valence-electron chi connectivity index (χ4n) is 3.47. The van der Waals surface area contributed by atoms with Gasteiger partial charge in [0.15, 0.2) is 0 Å². The number of hydrogen-bond acceptors (Lipinski definition) is 3. The standard InChI is InChI=1S/C22H25NO4/c1-21(2,20(25)26)16-8-10-18(11-9-16)23-19(24)22(12-14-27-15-13-22)17-6-4-3-5-7-17/h3-11H,12-15H2,1-2H3,(H,23,24)(H,25,26). The molecule has 1 saturated heterocycles. The van der Waals surface area contributed by atoms with Crippen molar-refractivity contribution in [2.75, 3.05) is 18.5 Å². The molecule has 3 rings (SSSR count). The molecule has 0 bridgehead atoms. The van der Waals surface area contributed by atoms with Crippen molar-refractivity contribution in [2.45, 2.75) is 37.5 Å². The molecule has 1 aliphatic rings. The first-order valence-electron chi connectivity index (χ1n) is 9.15. The van der Waals surface area contributed by atoms with Gasteiger partial charge in [0.25, 0.3) is 0 Å². The van der Waals surface area contributed by atoms with E-state index in [-0.39, 0.29) is 5.91 Å². The van der Waals surface area contributed by atoms with Crippen molar-refractivity contribution in [3.05, 3.63) is 65.7 Å². The molecular weight excluding hydrogens is 342 g/mol. The topological polar surface area (TPSA) is 75.6 Å². The summed E-state index contributed by atoms with van der Waals surface area (Å²) in [5.74, 6) is -0.938. The van der Waals surface area contributed by atoms with Crippen LogP contribution in [-0.2, 0) is 25.2 Å². The molecule has 1 aliphatic heterocycles. The van der Waals surface area contributed by atoms with Gasteiger partial charge in [-0.15, -0.1) is 0 Å². The summed E-state index contributed by atoms with van der Waals surface area (Å²) in [6.45, 7) is 4.42. The smallest absolute Gasteiger partial charge is 0.313 e. The van der Waals surface area contributed by atoms with Crippen molar-refractivity contribution < 1.29 is 19.4 Å². The fourth-order valence-corrected chi connectivity index (χ4v) is 3.47. The average molecular weight is 367 g/mol. The van der Waals surface area contributed by atoms with Crippen molar-refractivity contribution >= 4 is 17.6 Å². The van der Waals surface area contributed by atoms with Gasteiger partial charge in [0.05, 0.1) is 10.8 Å². The second kappa shape index (κ2) is 7.53. The predicted octanol–water partition coefficient (Wildman–Crippen LogP) is 3.74. The van der Waals surface area contributed by atoms with Crippen molar-refractivity contribution in [1.82, 2.24) is 0 Å². The summed E-state index contributed by atoms with van der Waals surface area (Å²) in [6, 6.07) is 16.8. The number of hydrogen-bond donors (Lipinski definition) is 2. The number of carbonyl (C=O) groups excluding carboxylic acids is 1. The van der Waals surface area contributed by atoms with Crippen LogP contribution in [0.4, 0.5) is 5.69 Å². The van der Waals surface area contributed by atoms with Crippen LogP contribution in [0.25, 0.3) is 0 Å². The monoisotopic (exact) mass is 367 g/mol. The Morgan fingerprint density at radius 2 is 1.59 bits per heavy atom. The van der Waals surface area contributed by atoms with Gasteiger partial charge in [-0.1, -0.05) is 42.5 Å². The lowest BCUT2D eigenvalue weighted by atomic mass is 9.73. The van der Waals surface area contributed by atoms with E-state index < -0.39 is 16.8 Å². The van der Waals surface area contributed by atoms with Gasteiger partial charge in [0.1, 0.15) is 0 Å². The van der Waals surface area contributed by atoms with Crippen LogP contribution in [0.2, 0.25) is 0 Å². The van der Waals surface area contributed by atoms with Gasteiger partial charge < -0.3 is 15.2 Å². The summed E-state index contributed by atoms with van der Waals surface area (Å²) in [4.78, 5) is 24.6. The van der Waals surface area contributed by atoms with Crippen LogP contribution in [0.3, 0.4) is 0 Å². The molecule has 2 aromatic rings. The Bertz CT molecular complexity index is 806.